The minimum Gasteiger partial charge on any atom is -0.466 e. The third-order valence-corrected chi connectivity index (χ3v) is 5.13. The van der Waals surface area contributed by atoms with Crippen LogP contribution in [0.1, 0.15) is 24.1 Å². The van der Waals surface area contributed by atoms with Gasteiger partial charge in [0.15, 0.2) is 0 Å². The molecule has 0 saturated heterocycles. The topological polar surface area (TPSA) is 58.6 Å². The highest BCUT2D eigenvalue weighted by atomic mass is 35.5. The summed E-state index contributed by atoms with van der Waals surface area (Å²) in [6, 6.07) is 13.4. The Kier molecular flexibility index (Phi) is 5.73. The predicted molar refractivity (Wildman–Crippen MR) is 104 cm³/mol. The number of benzene rings is 2. The van der Waals surface area contributed by atoms with Crippen LogP contribution in [0.3, 0.4) is 0 Å². The minimum atomic E-state index is -0.793. The van der Waals surface area contributed by atoms with E-state index < -0.39 is 12.0 Å². The zero-order chi connectivity index (χ0) is 19.6. The maximum atomic E-state index is 12.8. The third-order valence-electron chi connectivity index (χ3n) is 4.47. The molecule has 0 bridgehead atoms. The number of esters is 1. The molecule has 0 aromatic heterocycles. The van der Waals surface area contributed by atoms with E-state index in [0.29, 0.717) is 33.4 Å². The lowest BCUT2D eigenvalue weighted by atomic mass is 9.94. The van der Waals surface area contributed by atoms with Crippen LogP contribution in [-0.4, -0.2) is 24.0 Å². The maximum Gasteiger partial charge on any atom is 0.337 e. The van der Waals surface area contributed by atoms with Crippen LogP contribution in [-0.2, 0) is 16.1 Å². The second kappa shape index (κ2) is 8.03. The third kappa shape index (κ3) is 3.80. The highest BCUT2D eigenvalue weighted by molar-refractivity contribution is 6.36. The lowest BCUT2D eigenvalue weighted by Crippen LogP contribution is -2.47. The van der Waals surface area contributed by atoms with E-state index in [1.165, 1.54) is 12.0 Å². The highest BCUT2D eigenvalue weighted by Gasteiger charge is 2.38. The minimum absolute atomic E-state index is 0.294. The lowest BCUT2D eigenvalue weighted by Gasteiger charge is -2.35. The summed E-state index contributed by atoms with van der Waals surface area (Å²) >= 11 is 12.6. The standard InChI is InChI=1S/C20H18Cl2N2O3/c1-12-16(19(25)27-2)18(17-14(21)9-6-10-15(17)22)23-20(26)24(12)11-13-7-4-3-5-8-13/h3-10,18H,11H2,1-2H3,(H,23,26). The number of ether oxygens (including phenoxy) is 1. The molecule has 1 N–H and O–H groups in total. The van der Waals surface area contributed by atoms with Crippen molar-refractivity contribution >= 4 is 35.2 Å². The number of amides is 2. The van der Waals surface area contributed by atoms with Gasteiger partial charge in [0.1, 0.15) is 0 Å². The Hall–Kier alpha value is -2.50. The van der Waals surface area contributed by atoms with E-state index in [1.807, 2.05) is 30.3 Å². The molecule has 5 nitrogen and oxygen atoms in total. The van der Waals surface area contributed by atoms with Gasteiger partial charge in [-0.2, -0.15) is 0 Å². The molecule has 1 heterocycles. The molecule has 2 aromatic rings. The van der Waals surface area contributed by atoms with Crippen molar-refractivity contribution in [2.24, 2.45) is 0 Å². The van der Waals surface area contributed by atoms with E-state index >= 15 is 0 Å². The van der Waals surface area contributed by atoms with Crippen molar-refractivity contribution in [1.29, 1.82) is 0 Å². The molecule has 2 amide bonds. The Morgan fingerprint density at radius 2 is 1.74 bits per heavy atom. The first-order valence-corrected chi connectivity index (χ1v) is 9.04. The van der Waals surface area contributed by atoms with Gasteiger partial charge in [-0.15, -0.1) is 0 Å². The average Bonchev–Trinajstić information content (AvgIpc) is 2.65. The smallest absolute Gasteiger partial charge is 0.337 e. The number of nitrogens with one attached hydrogen (secondary N) is 1. The maximum absolute atomic E-state index is 12.8. The van der Waals surface area contributed by atoms with E-state index in [0.717, 1.165) is 5.56 Å². The van der Waals surface area contributed by atoms with Crippen LogP contribution in [0.15, 0.2) is 59.8 Å². The number of hydrogen-bond donors (Lipinski definition) is 1. The van der Waals surface area contributed by atoms with Gasteiger partial charge in [-0.3, -0.25) is 4.90 Å². The molecule has 0 saturated carbocycles. The van der Waals surface area contributed by atoms with Gasteiger partial charge in [-0.05, 0) is 24.6 Å². The SMILES string of the molecule is COC(=O)C1=C(C)N(Cc2ccccc2)C(=O)NC1c1c(Cl)cccc1Cl. The number of rotatable bonds is 4. The summed E-state index contributed by atoms with van der Waals surface area (Å²) in [6.45, 7) is 2.04. The summed E-state index contributed by atoms with van der Waals surface area (Å²) in [4.78, 5) is 26.9. The molecule has 7 heteroatoms. The molecule has 0 spiro atoms. The van der Waals surface area contributed by atoms with Crippen molar-refractivity contribution in [1.82, 2.24) is 10.2 Å². The Morgan fingerprint density at radius 1 is 1.11 bits per heavy atom. The molecule has 1 aliphatic heterocycles. The largest absolute Gasteiger partial charge is 0.466 e. The molecular weight excluding hydrogens is 387 g/mol. The quantitative estimate of drug-likeness (QED) is 0.750. The number of carbonyl (C=O) groups is 2. The van der Waals surface area contributed by atoms with Crippen LogP contribution in [0.5, 0.6) is 0 Å². The van der Waals surface area contributed by atoms with Gasteiger partial charge in [-0.1, -0.05) is 59.6 Å². The molecule has 2 aromatic carbocycles. The summed E-state index contributed by atoms with van der Waals surface area (Å²) in [7, 11) is 1.30. The predicted octanol–water partition coefficient (Wildman–Crippen LogP) is 4.71. The van der Waals surface area contributed by atoms with Crippen molar-refractivity contribution in [2.75, 3.05) is 7.11 Å². The summed E-state index contributed by atoms with van der Waals surface area (Å²) in [6.07, 6.45) is 0. The molecule has 3 rings (SSSR count). The second-order valence-electron chi connectivity index (χ2n) is 6.08. The van der Waals surface area contributed by atoms with Crippen LogP contribution in [0.4, 0.5) is 4.79 Å². The average molecular weight is 405 g/mol. The molecule has 1 atom stereocenters. The number of hydrogen-bond acceptors (Lipinski definition) is 3. The van der Waals surface area contributed by atoms with Gasteiger partial charge >= 0.3 is 12.0 Å². The van der Waals surface area contributed by atoms with Crippen LogP contribution < -0.4 is 5.32 Å². The van der Waals surface area contributed by atoms with E-state index in [4.69, 9.17) is 27.9 Å². The van der Waals surface area contributed by atoms with Crippen LogP contribution >= 0.6 is 23.2 Å². The molecule has 140 valence electrons. The second-order valence-corrected chi connectivity index (χ2v) is 6.89. The van der Waals surface area contributed by atoms with Crippen molar-refractivity contribution < 1.29 is 14.3 Å². The Balaban J connectivity index is 2.09. The molecule has 27 heavy (non-hydrogen) atoms. The van der Waals surface area contributed by atoms with Crippen LogP contribution in [0, 0.1) is 0 Å². The summed E-state index contributed by atoms with van der Waals surface area (Å²) in [5, 5.41) is 3.56. The van der Waals surface area contributed by atoms with E-state index in [-0.39, 0.29) is 6.03 Å². The van der Waals surface area contributed by atoms with Gasteiger partial charge < -0.3 is 10.1 Å². The fourth-order valence-electron chi connectivity index (χ4n) is 3.12. The number of urea groups is 1. The first kappa shape index (κ1) is 19.3. The Morgan fingerprint density at radius 3 is 2.33 bits per heavy atom. The van der Waals surface area contributed by atoms with Crippen LogP contribution in [0.2, 0.25) is 10.0 Å². The van der Waals surface area contributed by atoms with Gasteiger partial charge in [0, 0.05) is 21.3 Å². The Labute approximate surface area is 167 Å². The number of carbonyl (C=O) groups excluding carboxylic acids is 2. The zero-order valence-electron chi connectivity index (χ0n) is 14.8. The highest BCUT2D eigenvalue weighted by Crippen LogP contribution is 2.38. The first-order valence-electron chi connectivity index (χ1n) is 8.29. The Bertz CT molecular complexity index is 892. The zero-order valence-corrected chi connectivity index (χ0v) is 16.3. The molecule has 0 fully saturated rings. The van der Waals surface area contributed by atoms with Gasteiger partial charge in [0.25, 0.3) is 0 Å². The number of halogens is 2. The molecule has 0 aliphatic carbocycles. The molecular formula is C20H18Cl2N2O3. The van der Waals surface area contributed by atoms with Crippen molar-refractivity contribution in [3.8, 4) is 0 Å². The molecule has 1 aliphatic rings. The van der Waals surface area contributed by atoms with E-state index in [9.17, 15) is 9.59 Å². The number of methoxy groups -OCH3 is 1. The fourth-order valence-corrected chi connectivity index (χ4v) is 3.73. The molecule has 0 radical (unpaired) electrons. The molecule has 1 unspecified atom stereocenters. The van der Waals surface area contributed by atoms with Crippen LogP contribution in [0.25, 0.3) is 0 Å². The summed E-state index contributed by atoms with van der Waals surface area (Å²) < 4.78 is 4.96. The summed E-state index contributed by atoms with van der Waals surface area (Å²) in [5.41, 5.74) is 2.19. The van der Waals surface area contributed by atoms with E-state index in [2.05, 4.69) is 5.32 Å². The van der Waals surface area contributed by atoms with Crippen molar-refractivity contribution in [3.63, 3.8) is 0 Å². The van der Waals surface area contributed by atoms with E-state index in [1.54, 1.807) is 25.1 Å². The van der Waals surface area contributed by atoms with Gasteiger partial charge in [0.05, 0.1) is 25.3 Å². The number of allylic oxidation sites excluding steroid dienone is 1. The fraction of sp³-hybridized carbons (Fsp3) is 0.200. The number of nitrogens with zero attached hydrogens (tertiary/aromatic N) is 1. The van der Waals surface area contributed by atoms with Crippen molar-refractivity contribution in [3.05, 3.63) is 81.0 Å². The van der Waals surface area contributed by atoms with Gasteiger partial charge in [-0.25, -0.2) is 9.59 Å². The first-order chi connectivity index (χ1) is 12.9. The van der Waals surface area contributed by atoms with Crippen molar-refractivity contribution in [2.45, 2.75) is 19.5 Å². The lowest BCUT2D eigenvalue weighted by molar-refractivity contribution is -0.136. The summed E-state index contributed by atoms with van der Waals surface area (Å²) in [5.74, 6) is -0.549. The normalized spacial score (nSPS) is 17.0. The van der Waals surface area contributed by atoms with Gasteiger partial charge in [0.2, 0.25) is 0 Å². The monoisotopic (exact) mass is 404 g/mol.